The molecule has 116 valence electrons. The number of carbonyl (C=O) groups is 2. The summed E-state index contributed by atoms with van der Waals surface area (Å²) in [5.74, 6) is -1.07. The fourth-order valence-electron chi connectivity index (χ4n) is 2.54. The van der Waals surface area contributed by atoms with E-state index in [9.17, 15) is 9.59 Å². The van der Waals surface area contributed by atoms with Crippen LogP contribution in [0.2, 0.25) is 0 Å². The van der Waals surface area contributed by atoms with Gasteiger partial charge in [-0.1, -0.05) is 0 Å². The van der Waals surface area contributed by atoms with Gasteiger partial charge >= 0.3 is 12.0 Å². The molecule has 2 amide bonds. The highest BCUT2D eigenvalue weighted by molar-refractivity contribution is 5.75. The molecule has 2 unspecified atom stereocenters. The van der Waals surface area contributed by atoms with Gasteiger partial charge in [0, 0.05) is 32.8 Å². The molecule has 0 aromatic rings. The van der Waals surface area contributed by atoms with Crippen LogP contribution in [0, 0.1) is 5.92 Å². The molecule has 2 atom stereocenters. The molecule has 0 spiro atoms. The van der Waals surface area contributed by atoms with Gasteiger partial charge in [0.1, 0.15) is 0 Å². The van der Waals surface area contributed by atoms with E-state index in [1.165, 1.54) is 0 Å². The maximum absolute atomic E-state index is 12.0. The average Bonchev–Trinajstić information content (AvgIpc) is 2.42. The number of methoxy groups -OCH3 is 1. The molecule has 0 saturated carbocycles. The molecule has 1 aliphatic heterocycles. The van der Waals surface area contributed by atoms with Gasteiger partial charge in [-0.15, -0.1) is 0 Å². The summed E-state index contributed by atoms with van der Waals surface area (Å²) in [4.78, 5) is 24.7. The monoisotopic (exact) mass is 286 g/mol. The highest BCUT2D eigenvalue weighted by Gasteiger charge is 2.31. The Morgan fingerprint density at radius 1 is 1.35 bits per heavy atom. The van der Waals surface area contributed by atoms with Crippen LogP contribution in [0.3, 0.4) is 0 Å². The number of hydrogen-bond donors (Lipinski definition) is 2. The highest BCUT2D eigenvalue weighted by atomic mass is 16.5. The van der Waals surface area contributed by atoms with E-state index < -0.39 is 5.97 Å². The van der Waals surface area contributed by atoms with Gasteiger partial charge in [-0.05, 0) is 39.0 Å². The molecule has 1 saturated heterocycles. The zero-order chi connectivity index (χ0) is 15.0. The summed E-state index contributed by atoms with van der Waals surface area (Å²) in [6.45, 7) is 3.85. The maximum atomic E-state index is 12.0. The van der Waals surface area contributed by atoms with Crippen molar-refractivity contribution in [2.75, 3.05) is 26.8 Å². The summed E-state index contributed by atoms with van der Waals surface area (Å²) in [6, 6.07) is -0.0913. The van der Waals surface area contributed by atoms with Crippen molar-refractivity contribution in [3.05, 3.63) is 0 Å². The molecule has 6 nitrogen and oxygen atoms in total. The number of piperidine rings is 1. The van der Waals surface area contributed by atoms with Gasteiger partial charge in [0.2, 0.25) is 0 Å². The van der Waals surface area contributed by atoms with Crippen LogP contribution < -0.4 is 5.32 Å². The van der Waals surface area contributed by atoms with Crippen molar-refractivity contribution in [3.63, 3.8) is 0 Å². The Morgan fingerprint density at radius 3 is 2.70 bits per heavy atom. The Labute approximate surface area is 120 Å². The number of aliphatic carboxylic acids is 1. The van der Waals surface area contributed by atoms with Gasteiger partial charge in [0.05, 0.1) is 5.92 Å². The standard InChI is InChI=1S/C14H26N2O4/c1-11-10-12(13(17)18)6-8-16(11)14(19)15-7-4-3-5-9-20-2/h11-12H,3-10H2,1-2H3,(H,15,19)(H,17,18). The predicted molar refractivity (Wildman–Crippen MR) is 75.7 cm³/mol. The quantitative estimate of drug-likeness (QED) is 0.698. The SMILES string of the molecule is COCCCCCNC(=O)N1CCC(C(=O)O)CC1C. The zero-order valence-electron chi connectivity index (χ0n) is 12.4. The van der Waals surface area contributed by atoms with E-state index in [0.717, 1.165) is 25.9 Å². The summed E-state index contributed by atoms with van der Waals surface area (Å²) in [7, 11) is 1.68. The van der Waals surface area contributed by atoms with E-state index in [4.69, 9.17) is 9.84 Å². The molecule has 6 heteroatoms. The Hall–Kier alpha value is -1.30. The molecule has 0 aromatic heterocycles. The number of carboxylic acids is 1. The third-order valence-electron chi connectivity index (χ3n) is 3.79. The van der Waals surface area contributed by atoms with Crippen molar-refractivity contribution in [1.29, 1.82) is 0 Å². The molecule has 1 aliphatic rings. The minimum absolute atomic E-state index is 0.0154. The van der Waals surface area contributed by atoms with Gasteiger partial charge < -0.3 is 20.1 Å². The first-order chi connectivity index (χ1) is 9.56. The van der Waals surface area contributed by atoms with E-state index in [2.05, 4.69) is 5.32 Å². The number of rotatable bonds is 7. The van der Waals surface area contributed by atoms with Gasteiger partial charge in [0.25, 0.3) is 0 Å². The Bertz CT molecular complexity index is 322. The lowest BCUT2D eigenvalue weighted by atomic mass is 9.92. The van der Waals surface area contributed by atoms with Crippen molar-refractivity contribution in [2.45, 2.75) is 45.1 Å². The molecule has 2 N–H and O–H groups in total. The second kappa shape index (κ2) is 8.79. The van der Waals surface area contributed by atoms with Crippen molar-refractivity contribution in [3.8, 4) is 0 Å². The Balaban J connectivity index is 2.22. The third-order valence-corrected chi connectivity index (χ3v) is 3.79. The molecular formula is C14H26N2O4. The van der Waals surface area contributed by atoms with E-state index >= 15 is 0 Å². The molecule has 0 bridgehead atoms. The number of urea groups is 1. The molecule has 20 heavy (non-hydrogen) atoms. The Morgan fingerprint density at radius 2 is 2.10 bits per heavy atom. The lowest BCUT2D eigenvalue weighted by molar-refractivity contribution is -0.143. The third kappa shape index (κ3) is 5.36. The summed E-state index contributed by atoms with van der Waals surface area (Å²) in [6.07, 6.45) is 4.06. The van der Waals surface area contributed by atoms with Crippen molar-refractivity contribution >= 4 is 12.0 Å². The number of likely N-dealkylation sites (tertiary alicyclic amines) is 1. The van der Waals surface area contributed by atoms with Crippen molar-refractivity contribution < 1.29 is 19.4 Å². The van der Waals surface area contributed by atoms with Crippen LogP contribution in [0.5, 0.6) is 0 Å². The number of carbonyl (C=O) groups excluding carboxylic acids is 1. The van der Waals surface area contributed by atoms with Crippen molar-refractivity contribution in [1.82, 2.24) is 10.2 Å². The van der Waals surface area contributed by atoms with Crippen LogP contribution in [-0.4, -0.2) is 54.9 Å². The van der Waals surface area contributed by atoms with Gasteiger partial charge in [-0.25, -0.2) is 4.79 Å². The van der Waals surface area contributed by atoms with E-state index in [1.807, 2.05) is 6.92 Å². The molecule has 0 aromatic carbocycles. The van der Waals surface area contributed by atoms with E-state index in [0.29, 0.717) is 25.9 Å². The van der Waals surface area contributed by atoms with Gasteiger partial charge in [0.15, 0.2) is 0 Å². The second-order valence-corrected chi connectivity index (χ2v) is 5.39. The van der Waals surface area contributed by atoms with Crippen LogP contribution in [-0.2, 0) is 9.53 Å². The van der Waals surface area contributed by atoms with Crippen LogP contribution in [0.25, 0.3) is 0 Å². The first-order valence-corrected chi connectivity index (χ1v) is 7.32. The van der Waals surface area contributed by atoms with Crippen LogP contribution >= 0.6 is 0 Å². The average molecular weight is 286 g/mol. The summed E-state index contributed by atoms with van der Waals surface area (Å²) in [5.41, 5.74) is 0. The van der Waals surface area contributed by atoms with Crippen LogP contribution in [0.4, 0.5) is 4.79 Å². The number of carboxylic acid groups (broad SMARTS) is 1. The largest absolute Gasteiger partial charge is 0.481 e. The molecule has 0 radical (unpaired) electrons. The number of unbranched alkanes of at least 4 members (excludes halogenated alkanes) is 2. The molecule has 1 heterocycles. The summed E-state index contributed by atoms with van der Waals surface area (Å²) in [5, 5.41) is 11.9. The van der Waals surface area contributed by atoms with Crippen LogP contribution in [0.15, 0.2) is 0 Å². The van der Waals surface area contributed by atoms with Gasteiger partial charge in [-0.2, -0.15) is 0 Å². The van der Waals surface area contributed by atoms with E-state index in [1.54, 1.807) is 12.0 Å². The zero-order valence-corrected chi connectivity index (χ0v) is 12.4. The molecular weight excluding hydrogens is 260 g/mol. The molecule has 1 fully saturated rings. The normalized spacial score (nSPS) is 22.6. The number of hydrogen-bond acceptors (Lipinski definition) is 3. The van der Waals surface area contributed by atoms with Crippen molar-refractivity contribution in [2.24, 2.45) is 5.92 Å². The first-order valence-electron chi connectivity index (χ1n) is 7.32. The number of nitrogens with one attached hydrogen (secondary N) is 1. The molecule has 0 aliphatic carbocycles. The lowest BCUT2D eigenvalue weighted by Gasteiger charge is -2.36. The smallest absolute Gasteiger partial charge is 0.317 e. The highest BCUT2D eigenvalue weighted by Crippen LogP contribution is 2.22. The fraction of sp³-hybridized carbons (Fsp3) is 0.857. The number of ether oxygens (including phenoxy) is 1. The Kier molecular flexibility index (Phi) is 7.36. The topological polar surface area (TPSA) is 78.9 Å². The lowest BCUT2D eigenvalue weighted by Crippen LogP contribution is -2.50. The van der Waals surface area contributed by atoms with Crippen LogP contribution in [0.1, 0.15) is 39.0 Å². The molecule has 1 rings (SSSR count). The van der Waals surface area contributed by atoms with Gasteiger partial charge in [-0.3, -0.25) is 4.79 Å². The second-order valence-electron chi connectivity index (χ2n) is 5.39. The number of nitrogens with zero attached hydrogens (tertiary/aromatic N) is 1. The predicted octanol–water partition coefficient (Wildman–Crippen LogP) is 1.70. The minimum Gasteiger partial charge on any atom is -0.481 e. The summed E-state index contributed by atoms with van der Waals surface area (Å²) < 4.78 is 4.96. The maximum Gasteiger partial charge on any atom is 0.317 e. The summed E-state index contributed by atoms with van der Waals surface area (Å²) >= 11 is 0. The first kappa shape index (κ1) is 16.8. The fourth-order valence-corrected chi connectivity index (χ4v) is 2.54. The number of amides is 2. The van der Waals surface area contributed by atoms with E-state index in [-0.39, 0.29) is 18.0 Å². The minimum atomic E-state index is -0.755.